The average molecular weight is 343 g/mol. The van der Waals surface area contributed by atoms with Gasteiger partial charge in [-0.1, -0.05) is 12.1 Å². The third-order valence-corrected chi connectivity index (χ3v) is 4.71. The molecule has 1 unspecified atom stereocenters. The van der Waals surface area contributed by atoms with Gasteiger partial charge < -0.3 is 14.2 Å². The van der Waals surface area contributed by atoms with Gasteiger partial charge in [-0.25, -0.2) is 9.78 Å². The number of piperidine rings is 1. The van der Waals surface area contributed by atoms with Crippen LogP contribution in [0.5, 0.6) is 0 Å². The highest BCUT2D eigenvalue weighted by Crippen LogP contribution is 2.23. The molecule has 1 amide bonds. The molecule has 5 heteroatoms. The van der Waals surface area contributed by atoms with Crippen molar-refractivity contribution in [1.82, 2.24) is 14.5 Å². The van der Waals surface area contributed by atoms with Gasteiger partial charge in [0.25, 0.3) is 0 Å². The maximum absolute atomic E-state index is 12.3. The zero-order valence-corrected chi connectivity index (χ0v) is 15.6. The van der Waals surface area contributed by atoms with E-state index in [0.717, 1.165) is 44.4 Å². The summed E-state index contributed by atoms with van der Waals surface area (Å²) < 4.78 is 7.74. The lowest BCUT2D eigenvalue weighted by Gasteiger charge is -2.34. The molecular formula is C20H29N3O2. The number of aromatic nitrogens is 2. The molecule has 1 aliphatic heterocycles. The van der Waals surface area contributed by atoms with Crippen LogP contribution in [0.3, 0.4) is 0 Å². The van der Waals surface area contributed by atoms with Gasteiger partial charge in [0, 0.05) is 19.6 Å². The molecule has 0 N–H and O–H groups in total. The van der Waals surface area contributed by atoms with E-state index < -0.39 is 5.60 Å². The quantitative estimate of drug-likeness (QED) is 0.823. The first-order valence-electron chi connectivity index (χ1n) is 9.30. The molecule has 136 valence electrons. The third-order valence-electron chi connectivity index (χ3n) is 4.71. The summed E-state index contributed by atoms with van der Waals surface area (Å²) >= 11 is 0. The Balaban J connectivity index is 1.49. The Labute approximate surface area is 150 Å². The topological polar surface area (TPSA) is 47.4 Å². The number of carbonyl (C=O) groups excluding carboxylic acids is 1. The highest BCUT2D eigenvalue weighted by atomic mass is 16.6. The maximum Gasteiger partial charge on any atom is 0.410 e. The molecule has 0 radical (unpaired) electrons. The van der Waals surface area contributed by atoms with Crippen molar-refractivity contribution >= 4 is 17.1 Å². The van der Waals surface area contributed by atoms with Crippen LogP contribution in [-0.2, 0) is 11.3 Å². The van der Waals surface area contributed by atoms with Crippen LogP contribution in [0, 0.1) is 5.92 Å². The minimum atomic E-state index is -0.424. The Morgan fingerprint density at radius 1 is 1.32 bits per heavy atom. The number of para-hydroxylation sites is 2. The number of nitrogens with zero attached hydrogens (tertiary/aromatic N) is 3. The van der Waals surface area contributed by atoms with E-state index in [1.54, 1.807) is 0 Å². The van der Waals surface area contributed by atoms with Crippen LogP contribution in [0.1, 0.15) is 46.5 Å². The van der Waals surface area contributed by atoms with Gasteiger partial charge in [0.1, 0.15) is 5.60 Å². The van der Waals surface area contributed by atoms with Gasteiger partial charge in [-0.15, -0.1) is 0 Å². The lowest BCUT2D eigenvalue weighted by Crippen LogP contribution is -2.42. The first-order chi connectivity index (χ1) is 11.9. The summed E-state index contributed by atoms with van der Waals surface area (Å²) in [6.07, 6.45) is 6.26. The molecule has 2 heterocycles. The zero-order chi connectivity index (χ0) is 17.9. The normalized spacial score (nSPS) is 18.5. The van der Waals surface area contributed by atoms with E-state index in [1.807, 2.05) is 44.1 Å². The Morgan fingerprint density at radius 3 is 2.92 bits per heavy atom. The molecule has 1 aliphatic rings. The Morgan fingerprint density at radius 2 is 2.12 bits per heavy atom. The average Bonchev–Trinajstić information content (AvgIpc) is 2.97. The van der Waals surface area contributed by atoms with Crippen molar-refractivity contribution in [1.29, 1.82) is 0 Å². The fraction of sp³-hybridized carbons (Fsp3) is 0.600. The number of aryl methyl sites for hydroxylation is 1. The van der Waals surface area contributed by atoms with Crippen molar-refractivity contribution in [2.45, 2.75) is 58.6 Å². The molecule has 1 fully saturated rings. The number of rotatable bonds is 4. The molecule has 0 spiro atoms. The van der Waals surface area contributed by atoms with E-state index in [-0.39, 0.29) is 6.09 Å². The minimum absolute atomic E-state index is 0.169. The summed E-state index contributed by atoms with van der Waals surface area (Å²) in [5.41, 5.74) is 1.82. The Kier molecular flexibility index (Phi) is 5.30. The van der Waals surface area contributed by atoms with Crippen LogP contribution in [0.2, 0.25) is 0 Å². The molecule has 5 nitrogen and oxygen atoms in total. The second-order valence-corrected chi connectivity index (χ2v) is 8.00. The van der Waals surface area contributed by atoms with Gasteiger partial charge in [-0.2, -0.15) is 0 Å². The lowest BCUT2D eigenvalue weighted by atomic mass is 9.93. The van der Waals surface area contributed by atoms with Gasteiger partial charge in [0.2, 0.25) is 0 Å². The minimum Gasteiger partial charge on any atom is -0.444 e. The number of ether oxygens (including phenoxy) is 1. The Hall–Kier alpha value is -2.04. The molecule has 1 atom stereocenters. The fourth-order valence-electron chi connectivity index (χ4n) is 3.53. The first-order valence-corrected chi connectivity index (χ1v) is 9.30. The van der Waals surface area contributed by atoms with Crippen molar-refractivity contribution in [2.75, 3.05) is 13.1 Å². The van der Waals surface area contributed by atoms with Crippen LogP contribution in [-0.4, -0.2) is 39.2 Å². The second kappa shape index (κ2) is 7.46. The largest absolute Gasteiger partial charge is 0.444 e. The summed E-state index contributed by atoms with van der Waals surface area (Å²) in [6, 6.07) is 8.24. The summed E-state index contributed by atoms with van der Waals surface area (Å²) in [4.78, 5) is 18.6. The van der Waals surface area contributed by atoms with E-state index in [0.29, 0.717) is 5.92 Å². The lowest BCUT2D eigenvalue weighted by molar-refractivity contribution is 0.0160. The SMILES string of the molecule is CC(C)(C)OC(=O)N1CCCC(CCCn2cnc3ccccc32)C1. The smallest absolute Gasteiger partial charge is 0.410 e. The molecule has 1 aromatic carbocycles. The van der Waals surface area contributed by atoms with E-state index in [2.05, 4.69) is 21.7 Å². The number of hydrogen-bond donors (Lipinski definition) is 0. The van der Waals surface area contributed by atoms with Crippen molar-refractivity contribution < 1.29 is 9.53 Å². The van der Waals surface area contributed by atoms with Crippen molar-refractivity contribution in [3.63, 3.8) is 0 Å². The molecule has 0 bridgehead atoms. The van der Waals surface area contributed by atoms with Crippen LogP contribution >= 0.6 is 0 Å². The molecule has 1 aromatic heterocycles. The molecule has 25 heavy (non-hydrogen) atoms. The molecule has 3 rings (SSSR count). The van der Waals surface area contributed by atoms with Crippen molar-refractivity contribution in [2.24, 2.45) is 5.92 Å². The standard InChI is InChI=1S/C20H29N3O2/c1-20(2,3)25-19(24)22-12-6-8-16(14-22)9-7-13-23-15-21-17-10-4-5-11-18(17)23/h4-5,10-11,15-16H,6-9,12-14H2,1-3H3. The van der Waals surface area contributed by atoms with Crippen LogP contribution in [0.15, 0.2) is 30.6 Å². The van der Waals surface area contributed by atoms with Gasteiger partial charge in [0.05, 0.1) is 17.4 Å². The number of carbonyl (C=O) groups is 1. The number of hydrogen-bond acceptors (Lipinski definition) is 3. The number of fused-ring (bicyclic) bond motifs is 1. The predicted octanol–water partition coefficient (Wildman–Crippen LogP) is 4.46. The zero-order valence-electron chi connectivity index (χ0n) is 15.6. The van der Waals surface area contributed by atoms with Crippen LogP contribution < -0.4 is 0 Å². The van der Waals surface area contributed by atoms with Gasteiger partial charge in [-0.05, 0) is 64.5 Å². The number of benzene rings is 1. The van der Waals surface area contributed by atoms with E-state index >= 15 is 0 Å². The number of likely N-dealkylation sites (tertiary alicyclic amines) is 1. The van der Waals surface area contributed by atoms with Crippen LogP contribution in [0.25, 0.3) is 11.0 Å². The third kappa shape index (κ3) is 4.74. The van der Waals surface area contributed by atoms with E-state index in [9.17, 15) is 4.79 Å². The van der Waals surface area contributed by atoms with Crippen LogP contribution in [0.4, 0.5) is 4.79 Å². The summed E-state index contributed by atoms with van der Waals surface area (Å²) in [5, 5.41) is 0. The van der Waals surface area contributed by atoms with Crippen molar-refractivity contribution in [3.05, 3.63) is 30.6 Å². The van der Waals surface area contributed by atoms with E-state index in [4.69, 9.17) is 4.74 Å². The number of imidazole rings is 1. The summed E-state index contributed by atoms with van der Waals surface area (Å²) in [5.74, 6) is 0.566. The molecule has 0 saturated carbocycles. The maximum atomic E-state index is 12.3. The summed E-state index contributed by atoms with van der Waals surface area (Å²) in [7, 11) is 0. The Bertz CT molecular complexity index is 717. The molecule has 0 aliphatic carbocycles. The first kappa shape index (κ1) is 17.8. The monoisotopic (exact) mass is 343 g/mol. The van der Waals surface area contributed by atoms with Gasteiger partial charge >= 0.3 is 6.09 Å². The highest BCUT2D eigenvalue weighted by molar-refractivity contribution is 5.74. The van der Waals surface area contributed by atoms with Gasteiger partial charge in [-0.3, -0.25) is 0 Å². The predicted molar refractivity (Wildman–Crippen MR) is 99.5 cm³/mol. The fourth-order valence-corrected chi connectivity index (χ4v) is 3.53. The molecular weight excluding hydrogens is 314 g/mol. The number of amides is 1. The van der Waals surface area contributed by atoms with Crippen molar-refractivity contribution in [3.8, 4) is 0 Å². The molecule has 1 saturated heterocycles. The summed E-state index contributed by atoms with van der Waals surface area (Å²) in [6.45, 7) is 8.37. The van der Waals surface area contributed by atoms with E-state index in [1.165, 1.54) is 11.9 Å². The van der Waals surface area contributed by atoms with Gasteiger partial charge in [0.15, 0.2) is 0 Å². The molecule has 2 aromatic rings. The highest BCUT2D eigenvalue weighted by Gasteiger charge is 2.27. The second-order valence-electron chi connectivity index (χ2n) is 8.00.